The monoisotopic (exact) mass is 234 g/mol. The Morgan fingerprint density at radius 2 is 1.18 bits per heavy atom. The van der Waals surface area contributed by atoms with Crippen molar-refractivity contribution in [3.05, 3.63) is 0 Å². The molecule has 11 heavy (non-hydrogen) atoms. The van der Waals surface area contributed by atoms with E-state index in [9.17, 15) is 19.8 Å². The van der Waals surface area contributed by atoms with Gasteiger partial charge in [-0.3, -0.25) is 0 Å². The molecule has 0 bridgehead atoms. The average molecular weight is 235 g/mol. The summed E-state index contributed by atoms with van der Waals surface area (Å²) in [5, 5.41) is 19.5. The van der Waals surface area contributed by atoms with Gasteiger partial charge in [0.2, 0.25) is 0 Å². The van der Waals surface area contributed by atoms with Crippen molar-refractivity contribution in [1.82, 2.24) is 0 Å². The molecule has 0 atom stereocenters. The molecular weight excluding hydrogens is 227 g/mol. The van der Waals surface area contributed by atoms with Gasteiger partial charge in [-0.25, -0.2) is 0 Å². The molecule has 0 rings (SSSR count). The number of aliphatic carboxylic acids is 2. The largest absolute Gasteiger partial charge is 2.00 e. The molecule has 5 heteroatoms. The first-order valence-corrected chi connectivity index (χ1v) is 3.02. The molecule has 4 nitrogen and oxygen atoms in total. The van der Waals surface area contributed by atoms with Crippen molar-refractivity contribution >= 4 is 11.9 Å². The average Bonchev–Trinajstić information content (AvgIpc) is 1.79. The molecular formula is C6H8O4Zr. The smallest absolute Gasteiger partial charge is 0.550 e. The van der Waals surface area contributed by atoms with Crippen LogP contribution in [-0.4, -0.2) is 11.9 Å². The molecule has 0 saturated carbocycles. The van der Waals surface area contributed by atoms with Crippen LogP contribution in [0, 0.1) is 0 Å². The molecule has 0 radical (unpaired) electrons. The zero-order valence-corrected chi connectivity index (χ0v) is 8.42. The summed E-state index contributed by atoms with van der Waals surface area (Å²) in [6, 6.07) is 0. The number of carboxylic acid groups (broad SMARTS) is 2. The van der Waals surface area contributed by atoms with E-state index in [1.165, 1.54) is 0 Å². The Morgan fingerprint density at radius 3 is 1.36 bits per heavy atom. The third kappa shape index (κ3) is 12.9. The van der Waals surface area contributed by atoms with Gasteiger partial charge in [0, 0.05) is 11.9 Å². The minimum Gasteiger partial charge on any atom is -0.550 e. The maximum absolute atomic E-state index is 9.77. The van der Waals surface area contributed by atoms with Crippen LogP contribution in [0.15, 0.2) is 0 Å². The number of carbonyl (C=O) groups is 2. The quantitative estimate of drug-likeness (QED) is 0.518. The van der Waals surface area contributed by atoms with Crippen LogP contribution < -0.4 is 10.2 Å². The second-order valence-electron chi connectivity index (χ2n) is 1.95. The van der Waals surface area contributed by atoms with Crippen molar-refractivity contribution in [2.45, 2.75) is 25.7 Å². The molecule has 0 amide bonds. The van der Waals surface area contributed by atoms with Crippen LogP contribution in [0.25, 0.3) is 0 Å². The van der Waals surface area contributed by atoms with Crippen molar-refractivity contribution in [2.75, 3.05) is 0 Å². The molecule has 0 saturated heterocycles. The van der Waals surface area contributed by atoms with E-state index in [4.69, 9.17) is 0 Å². The normalized spacial score (nSPS) is 8.36. The molecule has 0 aromatic carbocycles. The van der Waals surface area contributed by atoms with Crippen LogP contribution in [0.3, 0.4) is 0 Å². The molecule has 0 aromatic rings. The van der Waals surface area contributed by atoms with Crippen molar-refractivity contribution in [3.8, 4) is 0 Å². The molecule has 0 aliphatic heterocycles. The number of rotatable bonds is 5. The van der Waals surface area contributed by atoms with E-state index in [0.29, 0.717) is 12.8 Å². The molecule has 0 aromatic heterocycles. The number of unbranched alkanes of at least 4 members (excludes halogenated alkanes) is 1. The van der Waals surface area contributed by atoms with Gasteiger partial charge in [-0.05, 0) is 25.7 Å². The van der Waals surface area contributed by atoms with Gasteiger partial charge in [0.25, 0.3) is 0 Å². The van der Waals surface area contributed by atoms with Gasteiger partial charge in [0.05, 0.1) is 0 Å². The summed E-state index contributed by atoms with van der Waals surface area (Å²) in [6.45, 7) is 0. The number of hydrogen-bond donors (Lipinski definition) is 0. The number of carbonyl (C=O) groups excluding carboxylic acids is 2. The Labute approximate surface area is 83.7 Å². The molecule has 0 N–H and O–H groups in total. The fourth-order valence-corrected chi connectivity index (χ4v) is 0.539. The van der Waals surface area contributed by atoms with Gasteiger partial charge >= 0.3 is 26.2 Å². The third-order valence-electron chi connectivity index (χ3n) is 1.01. The van der Waals surface area contributed by atoms with E-state index >= 15 is 0 Å². The first-order valence-electron chi connectivity index (χ1n) is 3.02. The van der Waals surface area contributed by atoms with E-state index in [1.807, 2.05) is 0 Å². The van der Waals surface area contributed by atoms with Crippen LogP contribution in [0.4, 0.5) is 0 Å². The standard InChI is InChI=1S/C6H10O4.Zr/c7-5(8)3-1-2-4-6(9)10;/h1-4H2,(H,7,8)(H,9,10);/q;+2/p-2. The van der Waals surface area contributed by atoms with E-state index in [2.05, 4.69) is 0 Å². The first kappa shape index (κ1) is 13.4. The summed E-state index contributed by atoms with van der Waals surface area (Å²) in [7, 11) is 0. The fourth-order valence-electron chi connectivity index (χ4n) is 0.539. The van der Waals surface area contributed by atoms with E-state index in [-0.39, 0.29) is 39.0 Å². The SMILES string of the molecule is O=C([O-])CCCCC(=O)[O-].[Zr+2]. The Bertz CT molecular complexity index is 119. The first-order chi connectivity index (χ1) is 4.63. The van der Waals surface area contributed by atoms with Crippen molar-refractivity contribution in [2.24, 2.45) is 0 Å². The van der Waals surface area contributed by atoms with Gasteiger partial charge in [-0.2, -0.15) is 0 Å². The van der Waals surface area contributed by atoms with Crippen LogP contribution >= 0.6 is 0 Å². The number of hydrogen-bond acceptors (Lipinski definition) is 4. The van der Waals surface area contributed by atoms with Gasteiger partial charge in [0.1, 0.15) is 0 Å². The van der Waals surface area contributed by atoms with Crippen LogP contribution in [0.2, 0.25) is 0 Å². The van der Waals surface area contributed by atoms with Crippen LogP contribution in [-0.2, 0) is 35.8 Å². The van der Waals surface area contributed by atoms with E-state index in [0.717, 1.165) is 0 Å². The summed E-state index contributed by atoms with van der Waals surface area (Å²) in [5.41, 5.74) is 0. The third-order valence-corrected chi connectivity index (χ3v) is 1.01. The van der Waals surface area contributed by atoms with Crippen molar-refractivity contribution < 1.29 is 46.0 Å². The Balaban J connectivity index is 0. The van der Waals surface area contributed by atoms with Gasteiger partial charge in [-0.15, -0.1) is 0 Å². The summed E-state index contributed by atoms with van der Waals surface area (Å²) in [6.07, 6.45) is 0.535. The zero-order chi connectivity index (χ0) is 7.98. The van der Waals surface area contributed by atoms with Crippen molar-refractivity contribution in [1.29, 1.82) is 0 Å². The van der Waals surface area contributed by atoms with Gasteiger partial charge in [0.15, 0.2) is 0 Å². The molecule has 0 aliphatic rings. The van der Waals surface area contributed by atoms with E-state index < -0.39 is 11.9 Å². The summed E-state index contributed by atoms with van der Waals surface area (Å²) < 4.78 is 0. The fraction of sp³-hybridized carbons (Fsp3) is 0.667. The summed E-state index contributed by atoms with van der Waals surface area (Å²) in [5.74, 6) is -2.28. The number of carboxylic acids is 2. The second-order valence-corrected chi connectivity index (χ2v) is 1.95. The Morgan fingerprint density at radius 1 is 0.909 bits per heavy atom. The zero-order valence-electron chi connectivity index (χ0n) is 5.96. The maximum atomic E-state index is 9.77. The predicted octanol–water partition coefficient (Wildman–Crippen LogP) is -1.96. The Kier molecular flexibility index (Phi) is 9.67. The molecule has 0 heterocycles. The molecule has 0 spiro atoms. The predicted molar refractivity (Wildman–Crippen MR) is 28.5 cm³/mol. The summed E-state index contributed by atoms with van der Waals surface area (Å²) >= 11 is 0. The molecule has 0 fully saturated rings. The van der Waals surface area contributed by atoms with Gasteiger partial charge < -0.3 is 19.8 Å². The minimum absolute atomic E-state index is 0. The molecule has 0 aliphatic carbocycles. The van der Waals surface area contributed by atoms with Crippen molar-refractivity contribution in [3.63, 3.8) is 0 Å². The topological polar surface area (TPSA) is 80.3 Å². The maximum Gasteiger partial charge on any atom is 2.00 e. The van der Waals surface area contributed by atoms with Crippen LogP contribution in [0.1, 0.15) is 25.7 Å². The van der Waals surface area contributed by atoms with Gasteiger partial charge in [-0.1, -0.05) is 0 Å². The Hall–Kier alpha value is -0.177. The second kappa shape index (κ2) is 7.92. The molecule has 0 unspecified atom stereocenters. The van der Waals surface area contributed by atoms with E-state index in [1.54, 1.807) is 0 Å². The van der Waals surface area contributed by atoms with Crippen LogP contribution in [0.5, 0.6) is 0 Å². The minimum atomic E-state index is -1.14. The molecule has 60 valence electrons. The summed E-state index contributed by atoms with van der Waals surface area (Å²) in [4.78, 5) is 19.5.